The first kappa shape index (κ1) is 22.9. The Bertz CT molecular complexity index is 1200. The number of rotatable bonds is 7. The summed E-state index contributed by atoms with van der Waals surface area (Å²) in [6, 6.07) is 13.9. The molecule has 0 saturated carbocycles. The van der Waals surface area contributed by atoms with Crippen LogP contribution in [0.15, 0.2) is 36.4 Å². The van der Waals surface area contributed by atoms with Crippen LogP contribution in [0, 0.1) is 11.3 Å². The van der Waals surface area contributed by atoms with Crippen molar-refractivity contribution in [1.29, 1.82) is 5.26 Å². The molecule has 2 aromatic carbocycles. The number of carbonyl (C=O) groups excluding carboxylic acids is 1. The average Bonchev–Trinajstić information content (AvgIpc) is 3.29. The van der Waals surface area contributed by atoms with Crippen LogP contribution in [0.1, 0.15) is 49.4 Å². The molecule has 7 nitrogen and oxygen atoms in total. The van der Waals surface area contributed by atoms with Crippen molar-refractivity contribution in [3.63, 3.8) is 0 Å². The molecule has 170 valence electrons. The van der Waals surface area contributed by atoms with Gasteiger partial charge in [-0.05, 0) is 69.5 Å². The van der Waals surface area contributed by atoms with Crippen molar-refractivity contribution in [3.8, 4) is 33.0 Å². The van der Waals surface area contributed by atoms with E-state index in [9.17, 15) is 10.1 Å². The van der Waals surface area contributed by atoms with Crippen molar-refractivity contribution in [2.75, 3.05) is 13.6 Å². The number of nitrogens with one attached hydrogen (secondary N) is 2. The highest BCUT2D eigenvalue weighted by atomic mass is 32.1. The van der Waals surface area contributed by atoms with E-state index >= 15 is 0 Å². The summed E-state index contributed by atoms with van der Waals surface area (Å²) in [6.07, 6.45) is 2.86. The van der Waals surface area contributed by atoms with Crippen molar-refractivity contribution >= 4 is 17.2 Å². The van der Waals surface area contributed by atoms with Crippen molar-refractivity contribution in [1.82, 2.24) is 20.8 Å². The number of ether oxygens (including phenoxy) is 1. The minimum Gasteiger partial charge on any atom is -0.490 e. The van der Waals surface area contributed by atoms with E-state index < -0.39 is 0 Å². The second-order valence-corrected chi connectivity index (χ2v) is 9.30. The minimum atomic E-state index is -0.00724. The van der Waals surface area contributed by atoms with Gasteiger partial charge in [0.15, 0.2) is 0 Å². The van der Waals surface area contributed by atoms with Crippen molar-refractivity contribution < 1.29 is 9.53 Å². The Kier molecular flexibility index (Phi) is 7.02. The van der Waals surface area contributed by atoms with Gasteiger partial charge in [0.1, 0.15) is 21.8 Å². The summed E-state index contributed by atoms with van der Waals surface area (Å²) in [7, 11) is 1.77. The SMILES string of the molecule is CNCC(=O)N[C@H]1CCCc2c(-c3nnc(-c4ccc(OC(C)C)c(C#N)c4)s3)cccc21. The Morgan fingerprint density at radius 2 is 2.09 bits per heavy atom. The molecule has 0 spiro atoms. The lowest BCUT2D eigenvalue weighted by Crippen LogP contribution is -2.36. The van der Waals surface area contributed by atoms with Gasteiger partial charge in [0.05, 0.1) is 24.3 Å². The highest BCUT2D eigenvalue weighted by Gasteiger charge is 2.25. The molecule has 1 aliphatic rings. The van der Waals surface area contributed by atoms with Crippen LogP contribution in [-0.2, 0) is 11.2 Å². The van der Waals surface area contributed by atoms with Crippen LogP contribution >= 0.6 is 11.3 Å². The number of aromatic nitrogens is 2. The molecule has 0 fully saturated rings. The van der Waals surface area contributed by atoms with Gasteiger partial charge < -0.3 is 15.4 Å². The van der Waals surface area contributed by atoms with Gasteiger partial charge in [-0.25, -0.2) is 0 Å². The molecule has 1 heterocycles. The molecule has 0 bridgehead atoms. The lowest BCUT2D eigenvalue weighted by molar-refractivity contribution is -0.121. The molecular weight excluding hydrogens is 434 g/mol. The van der Waals surface area contributed by atoms with E-state index in [4.69, 9.17) is 4.74 Å². The first-order valence-electron chi connectivity index (χ1n) is 11.1. The molecule has 1 atom stereocenters. The third kappa shape index (κ3) is 5.05. The number of hydrogen-bond acceptors (Lipinski definition) is 7. The number of likely N-dealkylation sites (N-methyl/N-ethyl adjacent to an activating group) is 1. The standard InChI is InChI=1S/C25H27N5O2S/c1-15(2)32-22-11-10-16(12-17(22)13-26)24-29-30-25(33-24)20-8-4-7-19-18(20)6-5-9-21(19)28-23(31)14-27-3/h4,7-8,10-12,15,21,27H,5-6,9,14H2,1-3H3,(H,28,31)/t21-/m0/s1. The zero-order chi connectivity index (χ0) is 23.4. The zero-order valence-electron chi connectivity index (χ0n) is 19.0. The predicted molar refractivity (Wildman–Crippen MR) is 129 cm³/mol. The summed E-state index contributed by atoms with van der Waals surface area (Å²) in [4.78, 5) is 12.1. The number of fused-ring (bicyclic) bond motifs is 1. The van der Waals surface area contributed by atoms with E-state index in [2.05, 4.69) is 39.0 Å². The Balaban J connectivity index is 1.64. The van der Waals surface area contributed by atoms with Crippen LogP contribution in [0.4, 0.5) is 0 Å². The molecule has 33 heavy (non-hydrogen) atoms. The molecule has 3 aromatic rings. The predicted octanol–water partition coefficient (Wildman–Crippen LogP) is 4.24. The molecule has 1 amide bonds. The molecule has 2 N–H and O–H groups in total. The lowest BCUT2D eigenvalue weighted by atomic mass is 9.85. The Morgan fingerprint density at radius 3 is 2.85 bits per heavy atom. The van der Waals surface area contributed by atoms with Gasteiger partial charge in [0.2, 0.25) is 5.91 Å². The van der Waals surface area contributed by atoms with E-state index in [-0.39, 0.29) is 18.1 Å². The van der Waals surface area contributed by atoms with Crippen LogP contribution in [-0.4, -0.2) is 35.8 Å². The van der Waals surface area contributed by atoms with Crippen LogP contribution in [0.3, 0.4) is 0 Å². The fraction of sp³-hybridized carbons (Fsp3) is 0.360. The molecule has 0 radical (unpaired) electrons. The quantitative estimate of drug-likeness (QED) is 0.546. The largest absolute Gasteiger partial charge is 0.490 e. The van der Waals surface area contributed by atoms with Crippen LogP contribution in [0.2, 0.25) is 0 Å². The summed E-state index contributed by atoms with van der Waals surface area (Å²) >= 11 is 1.50. The Hall–Kier alpha value is -3.28. The third-order valence-electron chi connectivity index (χ3n) is 5.54. The Labute approximate surface area is 197 Å². The number of nitrogens with zero attached hydrogens (tertiary/aromatic N) is 3. The second-order valence-electron chi connectivity index (χ2n) is 8.32. The van der Waals surface area contributed by atoms with Crippen LogP contribution in [0.5, 0.6) is 5.75 Å². The molecular formula is C25H27N5O2S. The number of amides is 1. The van der Waals surface area contributed by atoms with Crippen molar-refractivity contribution in [2.45, 2.75) is 45.3 Å². The van der Waals surface area contributed by atoms with E-state index in [1.54, 1.807) is 13.1 Å². The van der Waals surface area contributed by atoms with Crippen molar-refractivity contribution in [3.05, 3.63) is 53.1 Å². The first-order valence-corrected chi connectivity index (χ1v) is 11.9. The normalized spacial score (nSPS) is 15.1. The maximum absolute atomic E-state index is 12.1. The topological polar surface area (TPSA) is 99.9 Å². The summed E-state index contributed by atoms with van der Waals surface area (Å²) in [5, 5.41) is 26.1. The van der Waals surface area contributed by atoms with E-state index in [0.29, 0.717) is 17.9 Å². The summed E-state index contributed by atoms with van der Waals surface area (Å²) in [6.45, 7) is 4.17. The average molecular weight is 462 g/mol. The van der Waals surface area contributed by atoms with Crippen LogP contribution in [0.25, 0.3) is 21.1 Å². The maximum Gasteiger partial charge on any atom is 0.234 e. The van der Waals surface area contributed by atoms with Gasteiger partial charge in [-0.2, -0.15) is 5.26 Å². The fourth-order valence-corrected chi connectivity index (χ4v) is 5.05. The monoisotopic (exact) mass is 461 g/mol. The third-order valence-corrected chi connectivity index (χ3v) is 6.55. The van der Waals surface area contributed by atoms with E-state index in [0.717, 1.165) is 46.0 Å². The Morgan fingerprint density at radius 1 is 1.27 bits per heavy atom. The molecule has 1 aromatic heterocycles. The van der Waals surface area contributed by atoms with Gasteiger partial charge >= 0.3 is 0 Å². The lowest BCUT2D eigenvalue weighted by Gasteiger charge is -2.27. The minimum absolute atomic E-state index is 0.00264. The van der Waals surface area contributed by atoms with Gasteiger partial charge in [0.25, 0.3) is 0 Å². The molecule has 8 heteroatoms. The number of nitriles is 1. The van der Waals surface area contributed by atoms with Gasteiger partial charge in [-0.15, -0.1) is 10.2 Å². The smallest absolute Gasteiger partial charge is 0.234 e. The number of hydrogen-bond donors (Lipinski definition) is 2. The van der Waals surface area contributed by atoms with Crippen LogP contribution < -0.4 is 15.4 Å². The summed E-state index contributed by atoms with van der Waals surface area (Å²) < 4.78 is 5.73. The fourth-order valence-electron chi connectivity index (χ4n) is 4.16. The van der Waals surface area contributed by atoms with Gasteiger partial charge in [-0.3, -0.25) is 4.79 Å². The van der Waals surface area contributed by atoms with Gasteiger partial charge in [-0.1, -0.05) is 29.5 Å². The number of benzene rings is 2. The van der Waals surface area contributed by atoms with Gasteiger partial charge in [0, 0.05) is 11.1 Å². The summed E-state index contributed by atoms with van der Waals surface area (Å²) in [5.74, 6) is 0.571. The molecule has 0 aliphatic heterocycles. The number of carbonyl (C=O) groups is 1. The van der Waals surface area contributed by atoms with E-state index in [1.807, 2.05) is 32.0 Å². The molecule has 0 unspecified atom stereocenters. The zero-order valence-corrected chi connectivity index (χ0v) is 19.8. The highest BCUT2D eigenvalue weighted by Crippen LogP contribution is 2.39. The maximum atomic E-state index is 12.1. The van der Waals surface area contributed by atoms with E-state index in [1.165, 1.54) is 16.9 Å². The first-order chi connectivity index (χ1) is 16.0. The molecule has 0 saturated heterocycles. The highest BCUT2D eigenvalue weighted by molar-refractivity contribution is 7.17. The van der Waals surface area contributed by atoms with Crippen molar-refractivity contribution in [2.24, 2.45) is 0 Å². The molecule has 1 aliphatic carbocycles. The summed E-state index contributed by atoms with van der Waals surface area (Å²) in [5.41, 5.74) is 4.76. The second kappa shape index (κ2) is 10.1. The molecule has 4 rings (SSSR count).